The van der Waals surface area contributed by atoms with Gasteiger partial charge in [0.05, 0.1) is 0 Å². The van der Waals surface area contributed by atoms with Gasteiger partial charge in [0.15, 0.2) is 0 Å². The predicted octanol–water partition coefficient (Wildman–Crippen LogP) is 3.37. The van der Waals surface area contributed by atoms with Crippen LogP contribution in [0.1, 0.15) is 13.8 Å². The Hall–Kier alpha value is -2.89. The number of phenols is 1. The van der Waals surface area contributed by atoms with Gasteiger partial charge in [0, 0.05) is 62.4 Å². The molecule has 0 bridgehead atoms. The molecule has 0 radical (unpaired) electrons. The highest BCUT2D eigenvalue weighted by Crippen LogP contribution is 2.26. The second-order valence-corrected chi connectivity index (χ2v) is 7.73. The molecule has 0 saturated carbocycles. The summed E-state index contributed by atoms with van der Waals surface area (Å²) in [6.45, 7) is 9.44. The Morgan fingerprint density at radius 3 is 1.64 bits per heavy atom. The Bertz CT molecular complexity index is 811. The smallest absolute Gasteiger partial charge is 0.324 e. The zero-order chi connectivity index (χ0) is 19.7. The summed E-state index contributed by atoms with van der Waals surface area (Å²) in [5.41, 5.74) is 3.32. The summed E-state index contributed by atoms with van der Waals surface area (Å²) in [5.74, 6) is 0.301. The molecule has 2 saturated heterocycles. The molecule has 2 aromatic carbocycles. The third-order valence-electron chi connectivity index (χ3n) is 5.69. The molecule has 1 N–H and O–H groups in total. The first-order chi connectivity index (χ1) is 13.5. The average Bonchev–Trinajstić information content (AvgIpc) is 3.10. The van der Waals surface area contributed by atoms with E-state index < -0.39 is 0 Å². The van der Waals surface area contributed by atoms with Crippen molar-refractivity contribution in [3.63, 3.8) is 0 Å². The van der Waals surface area contributed by atoms with Crippen LogP contribution in [0.15, 0.2) is 48.5 Å². The van der Waals surface area contributed by atoms with Crippen LogP contribution in [0.5, 0.6) is 5.75 Å². The lowest BCUT2D eigenvalue weighted by Crippen LogP contribution is -2.46. The van der Waals surface area contributed by atoms with Gasteiger partial charge in [0.25, 0.3) is 0 Å². The number of nitrogens with zero attached hydrogens (tertiary/aromatic N) is 4. The van der Waals surface area contributed by atoms with Crippen molar-refractivity contribution in [2.24, 2.45) is 0 Å². The first-order valence-electron chi connectivity index (χ1n) is 10.00. The summed E-state index contributed by atoms with van der Waals surface area (Å²) in [6, 6.07) is 16.1. The van der Waals surface area contributed by atoms with Crippen molar-refractivity contribution in [2.75, 3.05) is 54.0 Å². The van der Waals surface area contributed by atoms with Crippen molar-refractivity contribution in [1.29, 1.82) is 0 Å². The number of piperazine rings is 1. The van der Waals surface area contributed by atoms with Crippen LogP contribution in [-0.4, -0.2) is 61.3 Å². The standard InChI is InChI=1S/C22H28N4O2/c1-17(2)25-15-16-26(22(25)28)20-5-3-18(4-6-20)23-11-13-24(14-12-23)19-7-9-21(27)10-8-19/h3-10,17,27H,11-16H2,1-2H3. The maximum absolute atomic E-state index is 12.5. The number of carbonyl (C=O) groups is 1. The highest BCUT2D eigenvalue weighted by molar-refractivity contribution is 5.94. The quantitative estimate of drug-likeness (QED) is 0.884. The molecule has 2 fully saturated rings. The molecule has 0 aromatic heterocycles. The number of urea groups is 1. The number of hydrogen-bond donors (Lipinski definition) is 1. The Morgan fingerprint density at radius 2 is 1.18 bits per heavy atom. The second-order valence-electron chi connectivity index (χ2n) is 7.73. The molecule has 28 heavy (non-hydrogen) atoms. The number of hydrogen-bond acceptors (Lipinski definition) is 4. The largest absolute Gasteiger partial charge is 0.508 e. The second kappa shape index (κ2) is 7.62. The molecule has 6 nitrogen and oxygen atoms in total. The number of aromatic hydroxyl groups is 1. The van der Waals surface area contributed by atoms with Gasteiger partial charge in [-0.1, -0.05) is 0 Å². The number of rotatable bonds is 4. The summed E-state index contributed by atoms with van der Waals surface area (Å²) in [5, 5.41) is 9.45. The molecule has 4 rings (SSSR count). The lowest BCUT2D eigenvalue weighted by Gasteiger charge is -2.37. The number of benzene rings is 2. The van der Waals surface area contributed by atoms with Gasteiger partial charge < -0.3 is 19.8 Å². The van der Waals surface area contributed by atoms with E-state index in [1.165, 1.54) is 5.69 Å². The van der Waals surface area contributed by atoms with Gasteiger partial charge in [0.1, 0.15) is 5.75 Å². The Labute approximate surface area is 166 Å². The van der Waals surface area contributed by atoms with Crippen LogP contribution < -0.4 is 14.7 Å². The van der Waals surface area contributed by atoms with E-state index in [4.69, 9.17) is 0 Å². The molecule has 0 atom stereocenters. The Balaban J connectivity index is 1.37. The minimum Gasteiger partial charge on any atom is -0.508 e. The lowest BCUT2D eigenvalue weighted by molar-refractivity contribution is 0.209. The Kier molecular flexibility index (Phi) is 5.03. The highest BCUT2D eigenvalue weighted by Gasteiger charge is 2.31. The number of phenolic OH excluding ortho intramolecular Hbond substituents is 1. The number of amides is 2. The van der Waals surface area contributed by atoms with Gasteiger partial charge in [-0.2, -0.15) is 0 Å². The molecule has 0 unspecified atom stereocenters. The van der Waals surface area contributed by atoms with E-state index in [1.807, 2.05) is 21.9 Å². The molecular formula is C22H28N4O2. The first kappa shape index (κ1) is 18.5. The van der Waals surface area contributed by atoms with E-state index in [-0.39, 0.29) is 12.1 Å². The van der Waals surface area contributed by atoms with Crippen LogP contribution in [0.3, 0.4) is 0 Å². The third-order valence-corrected chi connectivity index (χ3v) is 5.69. The Morgan fingerprint density at radius 1 is 0.714 bits per heavy atom. The molecule has 6 heteroatoms. The summed E-state index contributed by atoms with van der Waals surface area (Å²) in [7, 11) is 0. The van der Waals surface area contributed by atoms with Crippen LogP contribution in [0.2, 0.25) is 0 Å². The zero-order valence-corrected chi connectivity index (χ0v) is 16.6. The van der Waals surface area contributed by atoms with Crippen molar-refractivity contribution in [3.8, 4) is 5.75 Å². The molecular weight excluding hydrogens is 352 g/mol. The van der Waals surface area contributed by atoms with Gasteiger partial charge in [-0.15, -0.1) is 0 Å². The fourth-order valence-electron chi connectivity index (χ4n) is 4.00. The minimum atomic E-state index is 0.102. The SMILES string of the molecule is CC(C)N1CCN(c2ccc(N3CCN(c4ccc(O)cc4)CC3)cc2)C1=O. The zero-order valence-electron chi connectivity index (χ0n) is 16.6. The molecule has 0 aliphatic carbocycles. The van der Waals surface area contributed by atoms with Gasteiger partial charge in [-0.25, -0.2) is 4.79 Å². The van der Waals surface area contributed by atoms with Crippen LogP contribution in [-0.2, 0) is 0 Å². The molecule has 2 aromatic rings. The van der Waals surface area contributed by atoms with Gasteiger partial charge >= 0.3 is 6.03 Å². The predicted molar refractivity (Wildman–Crippen MR) is 114 cm³/mol. The summed E-state index contributed by atoms with van der Waals surface area (Å²) in [6.07, 6.45) is 0. The van der Waals surface area contributed by atoms with E-state index in [1.54, 1.807) is 12.1 Å². The summed E-state index contributed by atoms with van der Waals surface area (Å²) >= 11 is 0. The fourth-order valence-corrected chi connectivity index (χ4v) is 4.00. The number of carbonyl (C=O) groups excluding carboxylic acids is 1. The van der Waals surface area contributed by atoms with E-state index >= 15 is 0 Å². The fraction of sp³-hybridized carbons (Fsp3) is 0.409. The van der Waals surface area contributed by atoms with Crippen LogP contribution in [0.4, 0.5) is 21.9 Å². The van der Waals surface area contributed by atoms with Crippen molar-refractivity contribution in [1.82, 2.24) is 4.90 Å². The van der Waals surface area contributed by atoms with Gasteiger partial charge in [-0.05, 0) is 62.4 Å². The van der Waals surface area contributed by atoms with E-state index in [0.717, 1.165) is 50.6 Å². The van der Waals surface area contributed by atoms with Crippen LogP contribution in [0.25, 0.3) is 0 Å². The molecule has 2 aliphatic rings. The minimum absolute atomic E-state index is 0.102. The maximum atomic E-state index is 12.5. The van der Waals surface area contributed by atoms with Crippen LogP contribution >= 0.6 is 0 Å². The molecule has 2 aliphatic heterocycles. The van der Waals surface area contributed by atoms with Crippen molar-refractivity contribution >= 4 is 23.1 Å². The van der Waals surface area contributed by atoms with Gasteiger partial charge in [0.2, 0.25) is 0 Å². The van der Waals surface area contributed by atoms with E-state index in [2.05, 4.69) is 47.9 Å². The van der Waals surface area contributed by atoms with E-state index in [9.17, 15) is 9.90 Å². The van der Waals surface area contributed by atoms with Crippen molar-refractivity contribution in [2.45, 2.75) is 19.9 Å². The normalized spacial score (nSPS) is 17.8. The molecule has 0 spiro atoms. The molecule has 148 valence electrons. The van der Waals surface area contributed by atoms with E-state index in [0.29, 0.717) is 5.75 Å². The summed E-state index contributed by atoms with van der Waals surface area (Å²) < 4.78 is 0. The number of anilines is 3. The topological polar surface area (TPSA) is 50.3 Å². The third kappa shape index (κ3) is 3.59. The monoisotopic (exact) mass is 380 g/mol. The summed E-state index contributed by atoms with van der Waals surface area (Å²) in [4.78, 5) is 21.0. The van der Waals surface area contributed by atoms with Crippen molar-refractivity contribution < 1.29 is 9.90 Å². The molecule has 2 amide bonds. The lowest BCUT2D eigenvalue weighted by atomic mass is 10.2. The molecule has 2 heterocycles. The van der Waals surface area contributed by atoms with Gasteiger partial charge in [-0.3, -0.25) is 4.90 Å². The highest BCUT2D eigenvalue weighted by atomic mass is 16.3. The van der Waals surface area contributed by atoms with Crippen LogP contribution in [0, 0.1) is 0 Å². The average molecular weight is 380 g/mol. The van der Waals surface area contributed by atoms with Crippen molar-refractivity contribution in [3.05, 3.63) is 48.5 Å². The maximum Gasteiger partial charge on any atom is 0.324 e. The first-order valence-corrected chi connectivity index (χ1v) is 10.00.